The van der Waals surface area contributed by atoms with Gasteiger partial charge in [-0.25, -0.2) is 0 Å². The predicted molar refractivity (Wildman–Crippen MR) is 75.3 cm³/mol. The number of carbonyl (C=O) groups is 1. The molecule has 1 amide bonds. The summed E-state index contributed by atoms with van der Waals surface area (Å²) < 4.78 is 0. The van der Waals surface area contributed by atoms with Crippen LogP contribution in [0.1, 0.15) is 46.0 Å². The summed E-state index contributed by atoms with van der Waals surface area (Å²) in [5.74, 6) is 0.781. The Morgan fingerprint density at radius 3 is 2.67 bits per heavy atom. The lowest BCUT2D eigenvalue weighted by molar-refractivity contribution is -0.121. The SMILES string of the molecule is CCNC(=O)CCN(CC)C1CCCCC1CN. The molecule has 4 nitrogen and oxygen atoms in total. The van der Waals surface area contributed by atoms with Crippen molar-refractivity contribution in [2.24, 2.45) is 11.7 Å². The Labute approximate surface area is 111 Å². The summed E-state index contributed by atoms with van der Waals surface area (Å²) in [6, 6.07) is 0.586. The molecule has 106 valence electrons. The highest BCUT2D eigenvalue weighted by Gasteiger charge is 2.28. The first-order valence-corrected chi connectivity index (χ1v) is 7.43. The summed E-state index contributed by atoms with van der Waals surface area (Å²) in [6.45, 7) is 7.52. The topological polar surface area (TPSA) is 58.4 Å². The van der Waals surface area contributed by atoms with Gasteiger partial charge in [-0.05, 0) is 38.8 Å². The maximum absolute atomic E-state index is 11.5. The molecule has 0 spiro atoms. The maximum atomic E-state index is 11.5. The van der Waals surface area contributed by atoms with Gasteiger partial charge in [-0.3, -0.25) is 9.69 Å². The highest BCUT2D eigenvalue weighted by Crippen LogP contribution is 2.27. The van der Waals surface area contributed by atoms with Crippen LogP contribution in [0.3, 0.4) is 0 Å². The van der Waals surface area contributed by atoms with Crippen LogP contribution in [0.15, 0.2) is 0 Å². The van der Waals surface area contributed by atoms with Crippen LogP contribution in [0.5, 0.6) is 0 Å². The van der Waals surface area contributed by atoms with Crippen LogP contribution in [0.4, 0.5) is 0 Å². The molecular weight excluding hydrogens is 226 g/mol. The first-order valence-electron chi connectivity index (χ1n) is 7.43. The summed E-state index contributed by atoms with van der Waals surface area (Å²) in [4.78, 5) is 14.0. The van der Waals surface area contributed by atoms with E-state index >= 15 is 0 Å². The van der Waals surface area contributed by atoms with Crippen molar-refractivity contribution >= 4 is 5.91 Å². The zero-order valence-corrected chi connectivity index (χ0v) is 12.0. The first kappa shape index (κ1) is 15.4. The number of hydrogen-bond donors (Lipinski definition) is 2. The Balaban J connectivity index is 2.45. The van der Waals surface area contributed by atoms with Crippen LogP contribution in [0.25, 0.3) is 0 Å². The van der Waals surface area contributed by atoms with Gasteiger partial charge in [0, 0.05) is 25.6 Å². The standard InChI is InChI=1S/C14H29N3O/c1-3-16-14(18)9-10-17(4-2)13-8-6-5-7-12(13)11-15/h12-13H,3-11,15H2,1-2H3,(H,16,18). The Morgan fingerprint density at radius 1 is 1.33 bits per heavy atom. The molecule has 0 saturated heterocycles. The van der Waals surface area contributed by atoms with Gasteiger partial charge in [0.2, 0.25) is 5.91 Å². The molecule has 18 heavy (non-hydrogen) atoms. The molecule has 1 rings (SSSR count). The second-order valence-corrected chi connectivity index (χ2v) is 5.18. The lowest BCUT2D eigenvalue weighted by atomic mass is 9.83. The summed E-state index contributed by atoms with van der Waals surface area (Å²) in [5, 5.41) is 2.86. The van der Waals surface area contributed by atoms with E-state index in [0.29, 0.717) is 18.4 Å². The number of carbonyl (C=O) groups excluding carboxylic acids is 1. The molecule has 0 aromatic carbocycles. The van der Waals surface area contributed by atoms with Crippen molar-refractivity contribution in [3.8, 4) is 0 Å². The quantitative estimate of drug-likeness (QED) is 0.722. The van der Waals surface area contributed by atoms with Crippen LogP contribution in [-0.4, -0.2) is 43.0 Å². The van der Waals surface area contributed by atoms with Crippen LogP contribution < -0.4 is 11.1 Å². The van der Waals surface area contributed by atoms with Gasteiger partial charge in [0.25, 0.3) is 0 Å². The van der Waals surface area contributed by atoms with Crippen molar-refractivity contribution in [1.29, 1.82) is 0 Å². The fraction of sp³-hybridized carbons (Fsp3) is 0.929. The van der Waals surface area contributed by atoms with Gasteiger partial charge in [0.05, 0.1) is 0 Å². The molecule has 4 heteroatoms. The minimum absolute atomic E-state index is 0.163. The normalized spacial score (nSPS) is 24.2. The Kier molecular flexibility index (Phi) is 7.28. The van der Waals surface area contributed by atoms with Gasteiger partial charge in [-0.15, -0.1) is 0 Å². The van der Waals surface area contributed by atoms with Crippen LogP contribution in [-0.2, 0) is 4.79 Å². The van der Waals surface area contributed by atoms with Gasteiger partial charge in [0.15, 0.2) is 0 Å². The van der Waals surface area contributed by atoms with Gasteiger partial charge in [-0.2, -0.15) is 0 Å². The lowest BCUT2D eigenvalue weighted by Gasteiger charge is -2.39. The minimum atomic E-state index is 0.163. The zero-order valence-electron chi connectivity index (χ0n) is 12.0. The molecule has 0 aromatic rings. The highest BCUT2D eigenvalue weighted by atomic mass is 16.1. The second kappa shape index (κ2) is 8.48. The molecule has 1 fully saturated rings. The third kappa shape index (κ3) is 4.58. The number of nitrogens with zero attached hydrogens (tertiary/aromatic N) is 1. The molecule has 0 radical (unpaired) electrons. The Bertz CT molecular complexity index is 245. The van der Waals surface area contributed by atoms with Crippen molar-refractivity contribution in [3.63, 3.8) is 0 Å². The van der Waals surface area contributed by atoms with Crippen molar-refractivity contribution in [1.82, 2.24) is 10.2 Å². The van der Waals surface area contributed by atoms with E-state index in [4.69, 9.17) is 5.73 Å². The number of hydrogen-bond acceptors (Lipinski definition) is 3. The smallest absolute Gasteiger partial charge is 0.221 e. The van der Waals surface area contributed by atoms with E-state index < -0.39 is 0 Å². The number of amides is 1. The summed E-state index contributed by atoms with van der Waals surface area (Å²) in [7, 11) is 0. The number of rotatable bonds is 7. The van der Waals surface area contributed by atoms with E-state index in [-0.39, 0.29) is 5.91 Å². The average molecular weight is 255 g/mol. The molecule has 0 aliphatic heterocycles. The molecule has 2 unspecified atom stereocenters. The Hall–Kier alpha value is -0.610. The lowest BCUT2D eigenvalue weighted by Crippen LogP contribution is -2.46. The molecule has 1 aliphatic rings. The largest absolute Gasteiger partial charge is 0.356 e. The van der Waals surface area contributed by atoms with E-state index in [2.05, 4.69) is 17.1 Å². The fourth-order valence-corrected chi connectivity index (χ4v) is 3.03. The van der Waals surface area contributed by atoms with Crippen molar-refractivity contribution < 1.29 is 4.79 Å². The molecule has 1 saturated carbocycles. The summed E-state index contributed by atoms with van der Waals surface area (Å²) >= 11 is 0. The van der Waals surface area contributed by atoms with Gasteiger partial charge >= 0.3 is 0 Å². The molecule has 0 bridgehead atoms. The number of nitrogens with two attached hydrogens (primary N) is 1. The molecule has 1 aliphatic carbocycles. The predicted octanol–water partition coefficient (Wildman–Crippen LogP) is 1.35. The second-order valence-electron chi connectivity index (χ2n) is 5.18. The van der Waals surface area contributed by atoms with E-state index in [9.17, 15) is 4.79 Å². The molecular formula is C14H29N3O. The van der Waals surface area contributed by atoms with Gasteiger partial charge in [0.1, 0.15) is 0 Å². The van der Waals surface area contributed by atoms with Crippen molar-refractivity contribution in [2.45, 2.75) is 52.0 Å². The Morgan fingerprint density at radius 2 is 2.06 bits per heavy atom. The van der Waals surface area contributed by atoms with E-state index in [0.717, 1.165) is 26.2 Å². The van der Waals surface area contributed by atoms with Crippen molar-refractivity contribution in [2.75, 3.05) is 26.2 Å². The van der Waals surface area contributed by atoms with Gasteiger partial charge < -0.3 is 11.1 Å². The molecule has 3 N–H and O–H groups in total. The van der Waals surface area contributed by atoms with Crippen molar-refractivity contribution in [3.05, 3.63) is 0 Å². The molecule has 2 atom stereocenters. The zero-order chi connectivity index (χ0) is 13.4. The third-order valence-corrected chi connectivity index (χ3v) is 4.05. The van der Waals surface area contributed by atoms with E-state index in [1.807, 2.05) is 6.92 Å². The van der Waals surface area contributed by atoms with E-state index in [1.165, 1.54) is 25.7 Å². The fourth-order valence-electron chi connectivity index (χ4n) is 3.03. The highest BCUT2D eigenvalue weighted by molar-refractivity contribution is 5.75. The van der Waals surface area contributed by atoms with Crippen LogP contribution >= 0.6 is 0 Å². The van der Waals surface area contributed by atoms with Gasteiger partial charge in [-0.1, -0.05) is 19.8 Å². The van der Waals surface area contributed by atoms with Crippen LogP contribution in [0.2, 0.25) is 0 Å². The third-order valence-electron chi connectivity index (χ3n) is 4.05. The summed E-state index contributed by atoms with van der Waals surface area (Å²) in [5.41, 5.74) is 5.88. The molecule has 0 aromatic heterocycles. The monoisotopic (exact) mass is 255 g/mol. The van der Waals surface area contributed by atoms with Crippen LogP contribution in [0, 0.1) is 5.92 Å². The van der Waals surface area contributed by atoms with E-state index in [1.54, 1.807) is 0 Å². The minimum Gasteiger partial charge on any atom is -0.356 e. The first-order chi connectivity index (χ1) is 8.72. The average Bonchev–Trinajstić information content (AvgIpc) is 2.40. The number of nitrogens with one attached hydrogen (secondary N) is 1. The summed E-state index contributed by atoms with van der Waals surface area (Å²) in [6.07, 6.45) is 5.71. The molecule has 0 heterocycles. The maximum Gasteiger partial charge on any atom is 0.221 e.